The van der Waals surface area contributed by atoms with Gasteiger partial charge in [0.25, 0.3) is 0 Å². The lowest BCUT2D eigenvalue weighted by atomic mass is 9.62. The highest BCUT2D eigenvalue weighted by Crippen LogP contribution is 2.45. The van der Waals surface area contributed by atoms with Gasteiger partial charge < -0.3 is 0 Å². The second-order valence-electron chi connectivity index (χ2n) is 5.79. The molecule has 3 atom stereocenters. The molecule has 3 unspecified atom stereocenters. The summed E-state index contributed by atoms with van der Waals surface area (Å²) < 4.78 is 0. The van der Waals surface area contributed by atoms with Crippen LogP contribution in [0.5, 0.6) is 0 Å². The predicted molar refractivity (Wildman–Crippen MR) is 71.1 cm³/mol. The van der Waals surface area contributed by atoms with Gasteiger partial charge in [-0.1, -0.05) is 74.1 Å². The first-order valence-corrected chi connectivity index (χ1v) is 6.93. The lowest BCUT2D eigenvalue weighted by Crippen LogP contribution is -2.35. The van der Waals surface area contributed by atoms with Gasteiger partial charge in [-0.15, -0.1) is 0 Å². The highest BCUT2D eigenvalue weighted by molar-refractivity contribution is 4.86. The van der Waals surface area contributed by atoms with Crippen LogP contribution in [0.15, 0.2) is 0 Å². The summed E-state index contributed by atoms with van der Waals surface area (Å²) in [6.07, 6.45) is 5.37. The third-order valence-corrected chi connectivity index (χ3v) is 4.80. The van der Waals surface area contributed by atoms with Crippen LogP contribution in [0.25, 0.3) is 0 Å². The maximum atomic E-state index is 2.50. The highest BCUT2D eigenvalue weighted by Gasteiger charge is 2.36. The summed E-state index contributed by atoms with van der Waals surface area (Å²) in [5.74, 6) is 2.57. The van der Waals surface area contributed by atoms with Gasteiger partial charge in [-0.2, -0.15) is 0 Å². The Morgan fingerprint density at radius 2 is 1.53 bits per heavy atom. The van der Waals surface area contributed by atoms with Gasteiger partial charge in [-0.3, -0.25) is 0 Å². The molecule has 0 heteroatoms. The molecule has 0 amide bonds. The SMILES string of the molecule is CCCC(C)C(CC)C(C)(CC)C(C)C. The van der Waals surface area contributed by atoms with Crippen molar-refractivity contribution in [2.24, 2.45) is 23.2 Å². The van der Waals surface area contributed by atoms with Crippen molar-refractivity contribution in [2.45, 2.75) is 74.1 Å². The Morgan fingerprint density at radius 3 is 1.80 bits per heavy atom. The van der Waals surface area contributed by atoms with Crippen molar-refractivity contribution in [2.75, 3.05) is 0 Å². The molecule has 92 valence electrons. The Hall–Kier alpha value is 0. The fourth-order valence-electron chi connectivity index (χ4n) is 3.27. The third kappa shape index (κ3) is 3.50. The molecule has 15 heavy (non-hydrogen) atoms. The molecule has 0 saturated carbocycles. The van der Waals surface area contributed by atoms with E-state index in [9.17, 15) is 0 Å². The number of rotatable bonds is 7. The molecule has 0 radical (unpaired) electrons. The standard InChI is InChI=1S/C15H32/c1-8-11-13(6)14(9-2)15(7,10-3)12(4)5/h12-14H,8-11H2,1-7H3. The van der Waals surface area contributed by atoms with Gasteiger partial charge in [0.1, 0.15) is 0 Å². The Bertz CT molecular complexity index is 159. The second-order valence-corrected chi connectivity index (χ2v) is 5.79. The molecule has 0 rings (SSSR count). The van der Waals surface area contributed by atoms with Crippen LogP contribution in [-0.4, -0.2) is 0 Å². The van der Waals surface area contributed by atoms with Crippen molar-refractivity contribution >= 4 is 0 Å². The maximum Gasteiger partial charge on any atom is -0.0275 e. The summed E-state index contributed by atoms with van der Waals surface area (Å²) in [5.41, 5.74) is 0.531. The van der Waals surface area contributed by atoms with E-state index in [2.05, 4.69) is 48.5 Å². The van der Waals surface area contributed by atoms with Crippen molar-refractivity contribution < 1.29 is 0 Å². The average molecular weight is 212 g/mol. The molecule has 0 spiro atoms. The summed E-state index contributed by atoms with van der Waals surface area (Å²) in [7, 11) is 0. The lowest BCUT2D eigenvalue weighted by molar-refractivity contribution is 0.0584. The molecule has 0 N–H and O–H groups in total. The second kappa shape index (κ2) is 6.55. The summed E-state index contributed by atoms with van der Waals surface area (Å²) >= 11 is 0. The monoisotopic (exact) mass is 212 g/mol. The molecule has 0 nitrogen and oxygen atoms in total. The van der Waals surface area contributed by atoms with E-state index in [4.69, 9.17) is 0 Å². The van der Waals surface area contributed by atoms with E-state index in [-0.39, 0.29) is 0 Å². The minimum absolute atomic E-state index is 0.531. The molecular formula is C15H32. The molecule has 0 heterocycles. The van der Waals surface area contributed by atoms with Crippen LogP contribution < -0.4 is 0 Å². The summed E-state index contributed by atoms with van der Waals surface area (Å²) in [6.45, 7) is 16.8. The van der Waals surface area contributed by atoms with Gasteiger partial charge in [-0.25, -0.2) is 0 Å². The molecular weight excluding hydrogens is 180 g/mol. The lowest BCUT2D eigenvalue weighted by Gasteiger charge is -2.43. The molecule has 0 saturated heterocycles. The molecule has 0 aliphatic carbocycles. The van der Waals surface area contributed by atoms with Crippen LogP contribution in [-0.2, 0) is 0 Å². The van der Waals surface area contributed by atoms with Crippen molar-refractivity contribution in [1.82, 2.24) is 0 Å². The highest BCUT2D eigenvalue weighted by atomic mass is 14.4. The van der Waals surface area contributed by atoms with Crippen LogP contribution in [0, 0.1) is 23.2 Å². The maximum absolute atomic E-state index is 2.50. The van der Waals surface area contributed by atoms with E-state index in [0.717, 1.165) is 17.8 Å². The van der Waals surface area contributed by atoms with Crippen LogP contribution in [0.2, 0.25) is 0 Å². The Balaban J connectivity index is 4.74. The Labute approximate surface area is 97.8 Å². The molecule has 0 aromatic carbocycles. The number of hydrogen-bond donors (Lipinski definition) is 0. The smallest absolute Gasteiger partial charge is 0.0275 e. The molecule has 0 aliphatic rings. The first-order chi connectivity index (χ1) is 6.93. The van der Waals surface area contributed by atoms with E-state index in [1.807, 2.05) is 0 Å². The first-order valence-electron chi connectivity index (χ1n) is 6.93. The van der Waals surface area contributed by atoms with Gasteiger partial charge in [-0.05, 0) is 23.2 Å². The Kier molecular flexibility index (Phi) is 6.55. The topological polar surface area (TPSA) is 0 Å². The summed E-state index contributed by atoms with van der Waals surface area (Å²) in [6, 6.07) is 0. The molecule has 0 fully saturated rings. The van der Waals surface area contributed by atoms with Gasteiger partial charge in [0.15, 0.2) is 0 Å². The molecule has 0 bridgehead atoms. The quantitative estimate of drug-likeness (QED) is 0.521. The zero-order chi connectivity index (χ0) is 12.1. The fourth-order valence-corrected chi connectivity index (χ4v) is 3.27. The van der Waals surface area contributed by atoms with Crippen molar-refractivity contribution in [1.29, 1.82) is 0 Å². The summed E-state index contributed by atoms with van der Waals surface area (Å²) in [4.78, 5) is 0. The largest absolute Gasteiger partial charge is 0.0654 e. The molecule has 0 aromatic rings. The van der Waals surface area contributed by atoms with Crippen LogP contribution in [0.1, 0.15) is 74.1 Å². The zero-order valence-corrected chi connectivity index (χ0v) is 12.1. The normalized spacial score (nSPS) is 20.0. The number of hydrogen-bond acceptors (Lipinski definition) is 0. The predicted octanol–water partition coefficient (Wildman–Crippen LogP) is 5.52. The van der Waals surface area contributed by atoms with Gasteiger partial charge in [0.2, 0.25) is 0 Å². The third-order valence-electron chi connectivity index (χ3n) is 4.80. The summed E-state index contributed by atoms with van der Waals surface area (Å²) in [5, 5.41) is 0. The van der Waals surface area contributed by atoms with Crippen molar-refractivity contribution in [3.63, 3.8) is 0 Å². The Morgan fingerprint density at radius 1 is 1.00 bits per heavy atom. The van der Waals surface area contributed by atoms with E-state index < -0.39 is 0 Å². The van der Waals surface area contributed by atoms with E-state index in [1.165, 1.54) is 25.7 Å². The van der Waals surface area contributed by atoms with Gasteiger partial charge >= 0.3 is 0 Å². The fraction of sp³-hybridized carbons (Fsp3) is 1.00. The van der Waals surface area contributed by atoms with Crippen LogP contribution in [0.4, 0.5) is 0 Å². The van der Waals surface area contributed by atoms with Gasteiger partial charge in [0, 0.05) is 0 Å². The minimum Gasteiger partial charge on any atom is -0.0654 e. The van der Waals surface area contributed by atoms with Crippen LogP contribution >= 0.6 is 0 Å². The van der Waals surface area contributed by atoms with Crippen molar-refractivity contribution in [3.8, 4) is 0 Å². The molecule has 0 aromatic heterocycles. The van der Waals surface area contributed by atoms with Gasteiger partial charge in [0.05, 0.1) is 0 Å². The van der Waals surface area contributed by atoms with E-state index in [0.29, 0.717) is 5.41 Å². The average Bonchev–Trinajstić information content (AvgIpc) is 2.18. The minimum atomic E-state index is 0.531. The van der Waals surface area contributed by atoms with Crippen molar-refractivity contribution in [3.05, 3.63) is 0 Å². The zero-order valence-electron chi connectivity index (χ0n) is 12.1. The van der Waals surface area contributed by atoms with Crippen LogP contribution in [0.3, 0.4) is 0 Å². The van der Waals surface area contributed by atoms with E-state index in [1.54, 1.807) is 0 Å². The molecule has 0 aliphatic heterocycles. The first kappa shape index (κ1) is 15.0. The van der Waals surface area contributed by atoms with E-state index >= 15 is 0 Å².